The SMILES string of the molecule is COC(=O)c1c(OC(F)(F)F)ncc(CCl)c1OC. The summed E-state index contributed by atoms with van der Waals surface area (Å²) in [6, 6.07) is 0. The minimum absolute atomic E-state index is 0.105. The number of aromatic nitrogens is 1. The Bertz CT molecular complexity index is 479. The molecule has 106 valence electrons. The number of methoxy groups -OCH3 is 2. The van der Waals surface area contributed by atoms with Crippen LogP contribution >= 0.6 is 11.6 Å². The highest BCUT2D eigenvalue weighted by molar-refractivity contribution is 6.17. The molecule has 1 aromatic heterocycles. The van der Waals surface area contributed by atoms with E-state index < -0.39 is 23.8 Å². The largest absolute Gasteiger partial charge is 0.574 e. The average Bonchev–Trinajstić information content (AvgIpc) is 2.35. The molecule has 0 fully saturated rings. The Balaban J connectivity index is 3.42. The highest BCUT2D eigenvalue weighted by Gasteiger charge is 2.36. The van der Waals surface area contributed by atoms with Crippen LogP contribution < -0.4 is 9.47 Å². The van der Waals surface area contributed by atoms with Crippen molar-refractivity contribution < 1.29 is 32.2 Å². The van der Waals surface area contributed by atoms with Crippen LogP contribution in [0, 0.1) is 0 Å². The lowest BCUT2D eigenvalue weighted by molar-refractivity contribution is -0.276. The molecule has 0 amide bonds. The zero-order chi connectivity index (χ0) is 14.6. The van der Waals surface area contributed by atoms with Crippen molar-refractivity contribution in [2.45, 2.75) is 12.2 Å². The van der Waals surface area contributed by atoms with Crippen molar-refractivity contribution in [3.05, 3.63) is 17.3 Å². The third-order valence-corrected chi connectivity index (χ3v) is 2.31. The van der Waals surface area contributed by atoms with E-state index in [0.29, 0.717) is 0 Å². The number of pyridine rings is 1. The van der Waals surface area contributed by atoms with E-state index in [1.54, 1.807) is 0 Å². The molecular formula is C10H9ClF3NO4. The van der Waals surface area contributed by atoms with Crippen LogP contribution in [0.5, 0.6) is 11.6 Å². The number of carbonyl (C=O) groups excluding carboxylic acids is 1. The second-order valence-corrected chi connectivity index (χ2v) is 3.44. The molecule has 9 heteroatoms. The molecule has 1 rings (SSSR count). The number of rotatable bonds is 4. The monoisotopic (exact) mass is 299 g/mol. The number of esters is 1. The van der Waals surface area contributed by atoms with Gasteiger partial charge in [-0.1, -0.05) is 0 Å². The lowest BCUT2D eigenvalue weighted by Gasteiger charge is -2.15. The first-order chi connectivity index (χ1) is 8.84. The van der Waals surface area contributed by atoms with E-state index >= 15 is 0 Å². The molecular weight excluding hydrogens is 291 g/mol. The van der Waals surface area contributed by atoms with Gasteiger partial charge in [0.1, 0.15) is 5.75 Å². The molecule has 0 unspecified atom stereocenters. The fraction of sp³-hybridized carbons (Fsp3) is 0.400. The average molecular weight is 300 g/mol. The lowest BCUT2D eigenvalue weighted by atomic mass is 10.2. The summed E-state index contributed by atoms with van der Waals surface area (Å²) in [5.41, 5.74) is -0.334. The number of alkyl halides is 4. The van der Waals surface area contributed by atoms with Crippen LogP contribution in [0.3, 0.4) is 0 Å². The van der Waals surface area contributed by atoms with E-state index in [9.17, 15) is 18.0 Å². The Morgan fingerprint density at radius 1 is 1.42 bits per heavy atom. The maximum Gasteiger partial charge on any atom is 0.574 e. The van der Waals surface area contributed by atoms with Gasteiger partial charge in [-0.05, 0) is 0 Å². The van der Waals surface area contributed by atoms with E-state index in [4.69, 9.17) is 16.3 Å². The fourth-order valence-electron chi connectivity index (χ4n) is 1.31. The van der Waals surface area contributed by atoms with Crippen LogP contribution in [-0.2, 0) is 10.6 Å². The number of hydrogen-bond acceptors (Lipinski definition) is 5. The molecule has 0 spiro atoms. The maximum atomic E-state index is 12.2. The molecule has 5 nitrogen and oxygen atoms in total. The molecule has 0 saturated carbocycles. The first-order valence-electron chi connectivity index (χ1n) is 4.80. The Labute approximate surface area is 111 Å². The molecule has 0 aromatic carbocycles. The van der Waals surface area contributed by atoms with Crippen LogP contribution in [0.25, 0.3) is 0 Å². The third-order valence-electron chi connectivity index (χ3n) is 2.02. The topological polar surface area (TPSA) is 57.7 Å². The number of carbonyl (C=O) groups is 1. The summed E-state index contributed by atoms with van der Waals surface area (Å²) in [5, 5.41) is 0. The standard InChI is InChI=1S/C10H9ClF3NO4/c1-17-7-5(3-11)4-15-8(19-10(12,13)14)6(7)9(16)18-2/h4H,3H2,1-2H3. The lowest BCUT2D eigenvalue weighted by Crippen LogP contribution is -2.21. The van der Waals surface area contributed by atoms with Crippen molar-refractivity contribution in [1.82, 2.24) is 4.98 Å². The zero-order valence-electron chi connectivity index (χ0n) is 9.88. The van der Waals surface area contributed by atoms with Crippen molar-refractivity contribution in [3.63, 3.8) is 0 Å². The quantitative estimate of drug-likeness (QED) is 0.631. The van der Waals surface area contributed by atoms with Crippen molar-refractivity contribution in [1.29, 1.82) is 0 Å². The van der Waals surface area contributed by atoms with Gasteiger partial charge in [0.05, 0.1) is 20.1 Å². The van der Waals surface area contributed by atoms with Crippen molar-refractivity contribution in [2.24, 2.45) is 0 Å². The van der Waals surface area contributed by atoms with Crippen LogP contribution in [-0.4, -0.2) is 31.5 Å². The van der Waals surface area contributed by atoms with Gasteiger partial charge in [-0.25, -0.2) is 9.78 Å². The first-order valence-corrected chi connectivity index (χ1v) is 5.33. The summed E-state index contributed by atoms with van der Waals surface area (Å²) in [5.74, 6) is -2.30. The predicted molar refractivity (Wildman–Crippen MR) is 58.4 cm³/mol. The fourth-order valence-corrected chi connectivity index (χ4v) is 1.51. The molecule has 0 aliphatic carbocycles. The molecule has 0 aliphatic rings. The van der Waals surface area contributed by atoms with E-state index in [1.165, 1.54) is 7.11 Å². The van der Waals surface area contributed by atoms with Crippen molar-refractivity contribution in [2.75, 3.05) is 14.2 Å². The van der Waals surface area contributed by atoms with Gasteiger partial charge in [-0.3, -0.25) is 0 Å². The summed E-state index contributed by atoms with van der Waals surface area (Å²) in [6.07, 6.45) is -3.97. The number of nitrogens with zero attached hydrogens (tertiary/aromatic N) is 1. The Morgan fingerprint density at radius 2 is 2.05 bits per heavy atom. The predicted octanol–water partition coefficient (Wildman–Crippen LogP) is 2.51. The summed E-state index contributed by atoms with van der Waals surface area (Å²) in [4.78, 5) is 14.9. The van der Waals surface area contributed by atoms with Gasteiger partial charge in [-0.2, -0.15) is 0 Å². The molecule has 0 N–H and O–H groups in total. The van der Waals surface area contributed by atoms with E-state index in [0.717, 1.165) is 13.3 Å². The molecule has 19 heavy (non-hydrogen) atoms. The van der Waals surface area contributed by atoms with Gasteiger partial charge < -0.3 is 14.2 Å². The smallest absolute Gasteiger partial charge is 0.495 e. The highest BCUT2D eigenvalue weighted by Crippen LogP contribution is 2.34. The maximum absolute atomic E-state index is 12.2. The van der Waals surface area contributed by atoms with Gasteiger partial charge in [0.2, 0.25) is 5.88 Å². The minimum Gasteiger partial charge on any atom is -0.495 e. The Hall–Kier alpha value is -1.70. The second-order valence-electron chi connectivity index (χ2n) is 3.17. The van der Waals surface area contributed by atoms with Crippen LogP contribution in [0.1, 0.15) is 15.9 Å². The summed E-state index contributed by atoms with van der Waals surface area (Å²) >= 11 is 5.58. The van der Waals surface area contributed by atoms with Crippen LogP contribution in [0.15, 0.2) is 6.20 Å². The van der Waals surface area contributed by atoms with Gasteiger partial charge in [0, 0.05) is 11.8 Å². The Morgan fingerprint density at radius 3 is 2.47 bits per heavy atom. The van der Waals surface area contributed by atoms with E-state index in [-0.39, 0.29) is 17.2 Å². The van der Waals surface area contributed by atoms with Gasteiger partial charge in [0.15, 0.2) is 5.56 Å². The second kappa shape index (κ2) is 5.96. The van der Waals surface area contributed by atoms with Crippen molar-refractivity contribution >= 4 is 17.6 Å². The zero-order valence-corrected chi connectivity index (χ0v) is 10.6. The molecule has 1 aromatic rings. The molecule has 0 bridgehead atoms. The van der Waals surface area contributed by atoms with Crippen LogP contribution in [0.4, 0.5) is 13.2 Å². The minimum atomic E-state index is -5.00. The molecule has 0 radical (unpaired) electrons. The molecule has 1 heterocycles. The summed E-state index contributed by atoms with van der Waals surface area (Å²) < 4.78 is 49.6. The van der Waals surface area contributed by atoms with Gasteiger partial charge in [0.25, 0.3) is 0 Å². The first kappa shape index (κ1) is 15.4. The molecule has 0 aliphatic heterocycles. The van der Waals surface area contributed by atoms with E-state index in [2.05, 4.69) is 14.5 Å². The number of ether oxygens (including phenoxy) is 3. The van der Waals surface area contributed by atoms with Gasteiger partial charge >= 0.3 is 12.3 Å². The van der Waals surface area contributed by atoms with E-state index in [1.807, 2.05) is 0 Å². The summed E-state index contributed by atoms with van der Waals surface area (Å²) in [6.45, 7) is 0. The highest BCUT2D eigenvalue weighted by atomic mass is 35.5. The molecule has 0 saturated heterocycles. The van der Waals surface area contributed by atoms with Crippen LogP contribution in [0.2, 0.25) is 0 Å². The summed E-state index contributed by atoms with van der Waals surface area (Å²) in [7, 11) is 2.18. The van der Waals surface area contributed by atoms with Crippen molar-refractivity contribution in [3.8, 4) is 11.6 Å². The number of hydrogen-bond donors (Lipinski definition) is 0. The third kappa shape index (κ3) is 3.63. The Kier molecular flexibility index (Phi) is 4.82. The normalized spacial score (nSPS) is 11.1. The number of halogens is 4. The molecule has 0 atom stereocenters. The van der Waals surface area contributed by atoms with Gasteiger partial charge in [-0.15, -0.1) is 24.8 Å².